The number of amides is 1. The number of nitrogens with two attached hydrogens (primary N) is 1. The van der Waals surface area contributed by atoms with Gasteiger partial charge in [0.15, 0.2) is 0 Å². The van der Waals surface area contributed by atoms with Crippen molar-refractivity contribution in [1.29, 1.82) is 0 Å². The summed E-state index contributed by atoms with van der Waals surface area (Å²) < 4.78 is 14.7. The largest absolute Gasteiger partial charge is 0.508 e. The molecule has 2 aromatic carbocycles. The van der Waals surface area contributed by atoms with E-state index in [1.165, 1.54) is 30.5 Å². The summed E-state index contributed by atoms with van der Waals surface area (Å²) in [5, 5.41) is 10.1. The molecule has 3 N–H and O–H groups in total. The number of rotatable bonds is 4. The summed E-state index contributed by atoms with van der Waals surface area (Å²) in [6.45, 7) is 0.383. The quantitative estimate of drug-likeness (QED) is 0.572. The standard InChI is InChI=1S/C17H13FN2O3/c18-11-3-1-10(2-4-11)8-20-9-14(16(22)17(19)23)13-7-12(21)5-6-15(13)20/h1-7,9,21H,8H2,(H2,19,23). The van der Waals surface area contributed by atoms with Crippen LogP contribution in [0.4, 0.5) is 4.39 Å². The van der Waals surface area contributed by atoms with Crippen LogP contribution in [0.2, 0.25) is 0 Å². The highest BCUT2D eigenvalue weighted by Gasteiger charge is 2.19. The first kappa shape index (κ1) is 14.8. The molecule has 0 unspecified atom stereocenters. The number of ketones is 1. The molecule has 3 rings (SSSR count). The number of hydrogen-bond acceptors (Lipinski definition) is 3. The van der Waals surface area contributed by atoms with E-state index in [1.54, 1.807) is 22.8 Å². The molecule has 23 heavy (non-hydrogen) atoms. The van der Waals surface area contributed by atoms with E-state index in [4.69, 9.17) is 5.73 Å². The minimum absolute atomic E-state index is 0.0180. The molecule has 0 saturated carbocycles. The van der Waals surface area contributed by atoms with Crippen molar-refractivity contribution in [1.82, 2.24) is 4.57 Å². The summed E-state index contributed by atoms with van der Waals surface area (Å²) in [7, 11) is 0. The van der Waals surface area contributed by atoms with Crippen LogP contribution in [-0.2, 0) is 11.3 Å². The molecule has 1 heterocycles. The van der Waals surface area contributed by atoms with E-state index in [9.17, 15) is 19.1 Å². The van der Waals surface area contributed by atoms with Crippen molar-refractivity contribution in [2.45, 2.75) is 6.54 Å². The highest BCUT2D eigenvalue weighted by molar-refractivity contribution is 6.44. The zero-order valence-electron chi connectivity index (χ0n) is 12.0. The molecular weight excluding hydrogens is 299 g/mol. The number of aromatic nitrogens is 1. The Morgan fingerprint density at radius 1 is 1.13 bits per heavy atom. The number of carbonyl (C=O) groups is 2. The first-order chi connectivity index (χ1) is 11.0. The number of Topliss-reactive ketones (excluding diaryl/α,β-unsaturated/α-hetero) is 1. The normalized spacial score (nSPS) is 10.8. The van der Waals surface area contributed by atoms with Gasteiger partial charge in [0.1, 0.15) is 11.6 Å². The lowest BCUT2D eigenvalue weighted by Crippen LogP contribution is -2.22. The minimum Gasteiger partial charge on any atom is -0.508 e. The molecule has 0 fully saturated rings. The van der Waals surface area contributed by atoms with Crippen molar-refractivity contribution >= 4 is 22.6 Å². The summed E-state index contributed by atoms with van der Waals surface area (Å²) in [6, 6.07) is 10.5. The van der Waals surface area contributed by atoms with E-state index < -0.39 is 11.7 Å². The Bertz CT molecular complexity index is 913. The minimum atomic E-state index is -1.06. The summed E-state index contributed by atoms with van der Waals surface area (Å²) in [6.07, 6.45) is 1.51. The van der Waals surface area contributed by atoms with Crippen LogP contribution in [0.15, 0.2) is 48.7 Å². The summed E-state index contributed by atoms with van der Waals surface area (Å²) >= 11 is 0. The number of benzene rings is 2. The Morgan fingerprint density at radius 3 is 2.48 bits per heavy atom. The number of phenolic OH excluding ortho intramolecular Hbond substituents is 1. The number of nitrogens with zero attached hydrogens (tertiary/aromatic N) is 1. The number of fused-ring (bicyclic) bond motifs is 1. The van der Waals surface area contributed by atoms with Crippen molar-refractivity contribution in [3.05, 3.63) is 65.6 Å². The molecule has 0 saturated heterocycles. The Hall–Kier alpha value is -3.15. The molecule has 0 aliphatic carbocycles. The molecule has 0 radical (unpaired) electrons. The van der Waals surface area contributed by atoms with Gasteiger partial charge in [-0.25, -0.2) is 4.39 Å². The maximum absolute atomic E-state index is 13.0. The summed E-state index contributed by atoms with van der Waals surface area (Å²) in [5.74, 6) is -2.23. The topological polar surface area (TPSA) is 85.3 Å². The van der Waals surface area contributed by atoms with Gasteiger partial charge in [-0.3, -0.25) is 9.59 Å². The molecule has 0 spiro atoms. The van der Waals surface area contributed by atoms with E-state index in [2.05, 4.69) is 0 Å². The van der Waals surface area contributed by atoms with E-state index >= 15 is 0 Å². The van der Waals surface area contributed by atoms with E-state index in [0.29, 0.717) is 17.4 Å². The first-order valence-electron chi connectivity index (χ1n) is 6.86. The third kappa shape index (κ3) is 2.78. The SMILES string of the molecule is NC(=O)C(=O)c1cn(Cc2ccc(F)cc2)c2ccc(O)cc12. The maximum Gasteiger partial charge on any atom is 0.289 e. The molecule has 1 amide bonds. The second-order valence-electron chi connectivity index (χ2n) is 5.19. The second-order valence-corrected chi connectivity index (χ2v) is 5.19. The van der Waals surface area contributed by atoms with Crippen molar-refractivity contribution in [3.8, 4) is 5.75 Å². The molecular formula is C17H13FN2O3. The van der Waals surface area contributed by atoms with Crippen LogP contribution in [0.5, 0.6) is 5.75 Å². The Balaban J connectivity index is 2.11. The van der Waals surface area contributed by atoms with Gasteiger partial charge >= 0.3 is 0 Å². The highest BCUT2D eigenvalue weighted by atomic mass is 19.1. The lowest BCUT2D eigenvalue weighted by Gasteiger charge is -2.05. The molecule has 0 atom stereocenters. The lowest BCUT2D eigenvalue weighted by molar-refractivity contribution is -0.114. The number of aromatic hydroxyl groups is 1. The van der Waals surface area contributed by atoms with E-state index in [1.807, 2.05) is 0 Å². The molecule has 3 aromatic rings. The van der Waals surface area contributed by atoms with Gasteiger partial charge < -0.3 is 15.4 Å². The molecule has 6 heteroatoms. The van der Waals surface area contributed by atoms with Gasteiger partial charge in [-0.1, -0.05) is 12.1 Å². The third-order valence-electron chi connectivity index (χ3n) is 3.60. The van der Waals surface area contributed by atoms with Crippen molar-refractivity contribution < 1.29 is 19.1 Å². The fourth-order valence-electron chi connectivity index (χ4n) is 2.52. The van der Waals surface area contributed by atoms with Crippen LogP contribution in [0.3, 0.4) is 0 Å². The smallest absolute Gasteiger partial charge is 0.289 e. The molecule has 0 bridgehead atoms. The average Bonchev–Trinajstić information content (AvgIpc) is 2.86. The zero-order valence-corrected chi connectivity index (χ0v) is 12.0. The molecule has 0 aliphatic heterocycles. The Labute approximate surface area is 130 Å². The van der Waals surface area contributed by atoms with Crippen LogP contribution < -0.4 is 5.73 Å². The number of phenols is 1. The molecule has 0 aliphatic rings. The zero-order chi connectivity index (χ0) is 16.6. The van der Waals surface area contributed by atoms with Gasteiger partial charge in [-0.15, -0.1) is 0 Å². The maximum atomic E-state index is 13.0. The predicted molar refractivity (Wildman–Crippen MR) is 82.6 cm³/mol. The molecule has 1 aromatic heterocycles. The van der Waals surface area contributed by atoms with Gasteiger partial charge in [0, 0.05) is 23.6 Å². The van der Waals surface area contributed by atoms with Crippen molar-refractivity contribution in [2.24, 2.45) is 5.73 Å². The fourth-order valence-corrected chi connectivity index (χ4v) is 2.52. The van der Waals surface area contributed by atoms with E-state index in [-0.39, 0.29) is 17.1 Å². The van der Waals surface area contributed by atoms with Crippen LogP contribution in [-0.4, -0.2) is 21.4 Å². The van der Waals surface area contributed by atoms with Gasteiger partial charge in [0.05, 0.1) is 5.56 Å². The third-order valence-corrected chi connectivity index (χ3v) is 3.60. The van der Waals surface area contributed by atoms with E-state index in [0.717, 1.165) is 5.56 Å². The van der Waals surface area contributed by atoms with Crippen molar-refractivity contribution in [2.75, 3.05) is 0 Å². The number of halogens is 1. The average molecular weight is 312 g/mol. The molecule has 5 nitrogen and oxygen atoms in total. The Kier molecular flexibility index (Phi) is 3.57. The van der Waals surface area contributed by atoms with Crippen LogP contribution in [0.1, 0.15) is 15.9 Å². The Morgan fingerprint density at radius 2 is 1.83 bits per heavy atom. The van der Waals surface area contributed by atoms with Crippen LogP contribution >= 0.6 is 0 Å². The van der Waals surface area contributed by atoms with Crippen LogP contribution in [0.25, 0.3) is 10.9 Å². The lowest BCUT2D eigenvalue weighted by atomic mass is 10.1. The van der Waals surface area contributed by atoms with Gasteiger partial charge in [0.25, 0.3) is 11.7 Å². The monoisotopic (exact) mass is 312 g/mol. The van der Waals surface area contributed by atoms with Gasteiger partial charge in [-0.2, -0.15) is 0 Å². The predicted octanol–water partition coefficient (Wildman–Crippen LogP) is 2.20. The van der Waals surface area contributed by atoms with Gasteiger partial charge in [-0.05, 0) is 35.9 Å². The van der Waals surface area contributed by atoms with Gasteiger partial charge in [0.2, 0.25) is 0 Å². The number of hydrogen-bond donors (Lipinski definition) is 2. The second kappa shape index (κ2) is 5.57. The summed E-state index contributed by atoms with van der Waals surface area (Å²) in [5.41, 5.74) is 6.70. The fraction of sp³-hybridized carbons (Fsp3) is 0.0588. The summed E-state index contributed by atoms with van der Waals surface area (Å²) in [4.78, 5) is 23.2. The van der Waals surface area contributed by atoms with Crippen molar-refractivity contribution in [3.63, 3.8) is 0 Å². The number of carbonyl (C=O) groups excluding carboxylic acids is 2. The molecule has 116 valence electrons. The highest BCUT2D eigenvalue weighted by Crippen LogP contribution is 2.26. The first-order valence-corrected chi connectivity index (χ1v) is 6.86. The number of primary amides is 1. The van der Waals surface area contributed by atoms with Crippen LogP contribution in [0, 0.1) is 5.82 Å².